The number of aromatic nitrogens is 2. The first-order valence-electron chi connectivity index (χ1n) is 8.52. The molecule has 1 aromatic carbocycles. The Morgan fingerprint density at radius 1 is 1.15 bits per heavy atom. The Bertz CT molecular complexity index is 865. The zero-order valence-electron chi connectivity index (χ0n) is 15.2. The predicted octanol–water partition coefficient (Wildman–Crippen LogP) is 4.79. The van der Waals surface area contributed by atoms with E-state index in [4.69, 9.17) is 4.74 Å². The topological polar surface area (TPSA) is 52.1 Å². The monoisotopic (exact) mass is 366 g/mol. The van der Waals surface area contributed by atoms with Crippen molar-refractivity contribution in [2.45, 2.75) is 39.2 Å². The second kappa shape index (κ2) is 7.79. The number of hydrogen-bond acceptors (Lipinski definition) is 5. The molecule has 3 rings (SSSR count). The van der Waals surface area contributed by atoms with E-state index in [-0.39, 0.29) is 24.4 Å². The van der Waals surface area contributed by atoms with Crippen molar-refractivity contribution in [3.8, 4) is 10.6 Å². The van der Waals surface area contributed by atoms with Gasteiger partial charge in [0.15, 0.2) is 0 Å². The lowest BCUT2D eigenvalue weighted by Crippen LogP contribution is -2.11. The molecule has 0 fully saturated rings. The van der Waals surface area contributed by atoms with E-state index in [2.05, 4.69) is 42.9 Å². The van der Waals surface area contributed by atoms with Gasteiger partial charge in [-0.15, -0.1) is 11.3 Å². The first kappa shape index (κ1) is 18.3. The molecule has 5 heteroatoms. The Balaban J connectivity index is 1.54. The van der Waals surface area contributed by atoms with Gasteiger partial charge in [-0.05, 0) is 28.7 Å². The molecule has 3 aromatic rings. The quantitative estimate of drug-likeness (QED) is 0.609. The van der Waals surface area contributed by atoms with Crippen molar-refractivity contribution in [3.63, 3.8) is 0 Å². The van der Waals surface area contributed by atoms with E-state index in [1.54, 1.807) is 12.4 Å². The molecule has 0 N–H and O–H groups in total. The number of hydrogen-bond donors (Lipinski definition) is 0. The third kappa shape index (κ3) is 4.76. The lowest BCUT2D eigenvalue weighted by atomic mass is 9.87. The number of esters is 1. The van der Waals surface area contributed by atoms with Crippen LogP contribution in [0.2, 0.25) is 0 Å². The molecule has 26 heavy (non-hydrogen) atoms. The number of pyridine rings is 1. The Morgan fingerprint density at radius 2 is 1.92 bits per heavy atom. The van der Waals surface area contributed by atoms with Crippen molar-refractivity contribution in [1.82, 2.24) is 9.97 Å². The van der Waals surface area contributed by atoms with E-state index in [9.17, 15) is 4.79 Å². The molecule has 2 aromatic heterocycles. The van der Waals surface area contributed by atoms with Crippen LogP contribution in [-0.2, 0) is 28.0 Å². The number of benzene rings is 1. The first-order chi connectivity index (χ1) is 12.4. The van der Waals surface area contributed by atoms with E-state index in [0.717, 1.165) is 21.8 Å². The summed E-state index contributed by atoms with van der Waals surface area (Å²) in [5.41, 5.74) is 4.04. The van der Waals surface area contributed by atoms with E-state index < -0.39 is 0 Å². The Morgan fingerprint density at radius 3 is 2.58 bits per heavy atom. The standard InChI is InChI=1S/C21H22N2O2S/c1-21(2,3)17-8-6-15(7-9-17)13-25-19(24)11-18-14-26-20(23-18)16-5-4-10-22-12-16/h4-10,12,14H,11,13H2,1-3H3. The molecule has 0 amide bonds. The molecule has 0 aliphatic carbocycles. The van der Waals surface area contributed by atoms with Gasteiger partial charge in [-0.3, -0.25) is 9.78 Å². The number of rotatable bonds is 5. The Kier molecular flexibility index (Phi) is 5.47. The number of thiazole rings is 1. The highest BCUT2D eigenvalue weighted by Crippen LogP contribution is 2.24. The number of nitrogens with zero attached hydrogens (tertiary/aromatic N) is 2. The zero-order valence-corrected chi connectivity index (χ0v) is 16.0. The molecule has 0 spiro atoms. The van der Waals surface area contributed by atoms with Gasteiger partial charge in [0.2, 0.25) is 0 Å². The summed E-state index contributed by atoms with van der Waals surface area (Å²) in [6.07, 6.45) is 3.67. The molecule has 0 aliphatic rings. The van der Waals surface area contributed by atoms with Crippen LogP contribution in [0.25, 0.3) is 10.6 Å². The van der Waals surface area contributed by atoms with Crippen LogP contribution in [-0.4, -0.2) is 15.9 Å². The molecule has 2 heterocycles. The highest BCUT2D eigenvalue weighted by atomic mass is 32.1. The molecule has 4 nitrogen and oxygen atoms in total. The maximum Gasteiger partial charge on any atom is 0.312 e. The van der Waals surface area contributed by atoms with Crippen LogP contribution in [0.5, 0.6) is 0 Å². The van der Waals surface area contributed by atoms with Crippen molar-refractivity contribution < 1.29 is 9.53 Å². The zero-order chi connectivity index (χ0) is 18.6. The van der Waals surface area contributed by atoms with Gasteiger partial charge in [0.05, 0.1) is 12.1 Å². The van der Waals surface area contributed by atoms with Gasteiger partial charge in [0.25, 0.3) is 0 Å². The van der Waals surface area contributed by atoms with E-state index in [0.29, 0.717) is 0 Å². The smallest absolute Gasteiger partial charge is 0.312 e. The van der Waals surface area contributed by atoms with Crippen molar-refractivity contribution in [1.29, 1.82) is 0 Å². The highest BCUT2D eigenvalue weighted by Gasteiger charge is 2.14. The second-order valence-electron chi connectivity index (χ2n) is 7.17. The summed E-state index contributed by atoms with van der Waals surface area (Å²) in [5, 5.41) is 2.75. The van der Waals surface area contributed by atoms with Gasteiger partial charge in [0.1, 0.15) is 11.6 Å². The van der Waals surface area contributed by atoms with E-state index in [1.165, 1.54) is 16.9 Å². The largest absolute Gasteiger partial charge is 0.461 e. The Hall–Kier alpha value is -2.53. The summed E-state index contributed by atoms with van der Waals surface area (Å²) < 4.78 is 5.39. The van der Waals surface area contributed by atoms with Crippen molar-refractivity contribution >= 4 is 17.3 Å². The van der Waals surface area contributed by atoms with E-state index >= 15 is 0 Å². The highest BCUT2D eigenvalue weighted by molar-refractivity contribution is 7.13. The van der Waals surface area contributed by atoms with Gasteiger partial charge < -0.3 is 4.74 Å². The maximum atomic E-state index is 12.1. The fourth-order valence-electron chi connectivity index (χ4n) is 2.47. The van der Waals surface area contributed by atoms with E-state index in [1.807, 2.05) is 29.6 Å². The molecule has 0 bridgehead atoms. The van der Waals surface area contributed by atoms with Crippen LogP contribution >= 0.6 is 11.3 Å². The maximum absolute atomic E-state index is 12.1. The molecule has 0 atom stereocenters. The average molecular weight is 366 g/mol. The molecule has 134 valence electrons. The minimum absolute atomic E-state index is 0.117. The first-order valence-corrected chi connectivity index (χ1v) is 9.39. The summed E-state index contributed by atoms with van der Waals surface area (Å²) >= 11 is 1.50. The van der Waals surface area contributed by atoms with Gasteiger partial charge in [0, 0.05) is 23.3 Å². The van der Waals surface area contributed by atoms with Crippen LogP contribution in [0, 0.1) is 0 Å². The van der Waals surface area contributed by atoms with Crippen molar-refractivity contribution in [2.24, 2.45) is 0 Å². The fourth-order valence-corrected chi connectivity index (χ4v) is 3.28. The third-order valence-electron chi connectivity index (χ3n) is 4.01. The SMILES string of the molecule is CC(C)(C)c1ccc(COC(=O)Cc2csc(-c3cccnc3)n2)cc1. The average Bonchev–Trinajstić information content (AvgIpc) is 3.09. The summed E-state index contributed by atoms with van der Waals surface area (Å²) in [4.78, 5) is 20.7. The van der Waals surface area contributed by atoms with Crippen LogP contribution in [0.15, 0.2) is 54.2 Å². The lowest BCUT2D eigenvalue weighted by Gasteiger charge is -2.19. The van der Waals surface area contributed by atoms with Crippen LogP contribution in [0.3, 0.4) is 0 Å². The van der Waals surface area contributed by atoms with Crippen molar-refractivity contribution in [2.75, 3.05) is 0 Å². The molecule has 0 aliphatic heterocycles. The molecule has 0 saturated carbocycles. The molecular formula is C21H22N2O2S. The Labute approximate surface area is 157 Å². The molecule has 0 radical (unpaired) electrons. The third-order valence-corrected chi connectivity index (χ3v) is 4.95. The summed E-state index contributed by atoms with van der Waals surface area (Å²) in [5.74, 6) is -0.270. The fraction of sp³-hybridized carbons (Fsp3) is 0.286. The summed E-state index contributed by atoms with van der Waals surface area (Å²) in [7, 11) is 0. The second-order valence-corrected chi connectivity index (χ2v) is 8.03. The van der Waals surface area contributed by atoms with Gasteiger partial charge in [-0.2, -0.15) is 0 Å². The normalized spacial score (nSPS) is 11.3. The predicted molar refractivity (Wildman–Crippen MR) is 104 cm³/mol. The van der Waals surface area contributed by atoms with Crippen LogP contribution in [0.1, 0.15) is 37.6 Å². The number of ether oxygens (including phenoxy) is 1. The van der Waals surface area contributed by atoms with Gasteiger partial charge in [-0.1, -0.05) is 45.0 Å². The molecule has 0 unspecified atom stereocenters. The lowest BCUT2D eigenvalue weighted by molar-refractivity contribution is -0.144. The summed E-state index contributed by atoms with van der Waals surface area (Å²) in [6, 6.07) is 12.0. The molecular weight excluding hydrogens is 344 g/mol. The molecule has 0 saturated heterocycles. The number of carbonyl (C=O) groups excluding carboxylic acids is 1. The minimum atomic E-state index is -0.270. The van der Waals surface area contributed by atoms with Gasteiger partial charge in [-0.25, -0.2) is 4.98 Å². The van der Waals surface area contributed by atoms with Crippen molar-refractivity contribution in [3.05, 3.63) is 71.0 Å². The van der Waals surface area contributed by atoms with Crippen LogP contribution < -0.4 is 0 Å². The summed E-state index contributed by atoms with van der Waals surface area (Å²) in [6.45, 7) is 6.81. The van der Waals surface area contributed by atoms with Crippen LogP contribution in [0.4, 0.5) is 0 Å². The minimum Gasteiger partial charge on any atom is -0.461 e. The number of carbonyl (C=O) groups is 1. The van der Waals surface area contributed by atoms with Gasteiger partial charge >= 0.3 is 5.97 Å².